The minimum absolute atomic E-state index is 0.00247. The topological polar surface area (TPSA) is 82.1 Å². The molecular formula is C24H32N6O3. The minimum atomic E-state index is -0.0657. The quantitative estimate of drug-likeness (QED) is 0.619. The number of amides is 2. The van der Waals surface area contributed by atoms with Gasteiger partial charge in [0.1, 0.15) is 0 Å². The van der Waals surface area contributed by atoms with Crippen LogP contribution < -0.4 is 4.90 Å². The largest absolute Gasteiger partial charge is 0.379 e. The highest BCUT2D eigenvalue weighted by molar-refractivity contribution is 5.84. The molecule has 2 aliphatic rings. The molecule has 4 rings (SSSR count). The maximum Gasteiger partial charge on any atom is 0.242 e. The van der Waals surface area contributed by atoms with Gasteiger partial charge in [-0.1, -0.05) is 30.3 Å². The second-order valence-electron chi connectivity index (χ2n) is 8.41. The first-order valence-electron chi connectivity index (χ1n) is 11.6. The summed E-state index contributed by atoms with van der Waals surface area (Å²) in [4.78, 5) is 32.9. The SMILES string of the molecule is CC(=O)N(CCN1CCOCC1)CC(=O)N1CCN(c2ccc(-c3ccccc3)nn2)CC1. The van der Waals surface area contributed by atoms with Crippen LogP contribution >= 0.6 is 0 Å². The molecule has 0 saturated carbocycles. The lowest BCUT2D eigenvalue weighted by molar-refractivity contribution is -0.139. The van der Waals surface area contributed by atoms with E-state index >= 15 is 0 Å². The molecule has 0 bridgehead atoms. The third-order valence-corrected chi connectivity index (χ3v) is 6.24. The molecule has 0 spiro atoms. The molecule has 3 heterocycles. The van der Waals surface area contributed by atoms with Crippen LogP contribution in [0.5, 0.6) is 0 Å². The predicted octanol–water partition coefficient (Wildman–Crippen LogP) is 0.973. The monoisotopic (exact) mass is 452 g/mol. The first kappa shape index (κ1) is 23.1. The van der Waals surface area contributed by atoms with Crippen LogP contribution in [0.25, 0.3) is 11.3 Å². The first-order chi connectivity index (χ1) is 16.1. The number of benzene rings is 1. The molecule has 0 aliphatic carbocycles. The molecule has 0 N–H and O–H groups in total. The van der Waals surface area contributed by atoms with E-state index in [0.717, 1.165) is 49.9 Å². The van der Waals surface area contributed by atoms with Gasteiger partial charge in [-0.05, 0) is 12.1 Å². The Hall–Kier alpha value is -3.04. The van der Waals surface area contributed by atoms with Crippen molar-refractivity contribution in [3.05, 3.63) is 42.5 Å². The molecule has 0 atom stereocenters. The van der Waals surface area contributed by atoms with Crippen LogP contribution in [0, 0.1) is 0 Å². The summed E-state index contributed by atoms with van der Waals surface area (Å²) in [5.41, 5.74) is 1.88. The molecule has 2 fully saturated rings. The summed E-state index contributed by atoms with van der Waals surface area (Å²) in [6.45, 7) is 8.78. The Morgan fingerprint density at radius 3 is 2.30 bits per heavy atom. The Kier molecular flexibility index (Phi) is 7.85. The lowest BCUT2D eigenvalue weighted by Gasteiger charge is -2.36. The Balaban J connectivity index is 1.26. The van der Waals surface area contributed by atoms with Crippen molar-refractivity contribution in [2.75, 3.05) is 77.0 Å². The van der Waals surface area contributed by atoms with Gasteiger partial charge in [-0.25, -0.2) is 0 Å². The van der Waals surface area contributed by atoms with Crippen molar-refractivity contribution in [3.8, 4) is 11.3 Å². The zero-order chi connectivity index (χ0) is 23.0. The maximum atomic E-state index is 12.9. The van der Waals surface area contributed by atoms with E-state index in [2.05, 4.69) is 20.0 Å². The standard InChI is InChI=1S/C24H32N6O3/c1-20(31)30(10-9-27-15-17-33-18-16-27)19-24(32)29-13-11-28(12-14-29)23-8-7-22(25-26-23)21-5-3-2-4-6-21/h2-8H,9-19H2,1H3. The van der Waals surface area contributed by atoms with Crippen molar-refractivity contribution in [1.29, 1.82) is 0 Å². The second kappa shape index (κ2) is 11.2. The normalized spacial score (nSPS) is 17.1. The molecule has 1 aromatic heterocycles. The number of anilines is 1. The fraction of sp³-hybridized carbons (Fsp3) is 0.500. The Morgan fingerprint density at radius 2 is 1.67 bits per heavy atom. The van der Waals surface area contributed by atoms with E-state index in [1.54, 1.807) is 4.90 Å². The van der Waals surface area contributed by atoms with E-state index in [-0.39, 0.29) is 18.4 Å². The van der Waals surface area contributed by atoms with E-state index in [9.17, 15) is 9.59 Å². The third-order valence-electron chi connectivity index (χ3n) is 6.24. The number of hydrogen-bond acceptors (Lipinski definition) is 7. The van der Waals surface area contributed by atoms with Gasteiger partial charge >= 0.3 is 0 Å². The van der Waals surface area contributed by atoms with Crippen molar-refractivity contribution in [1.82, 2.24) is 24.9 Å². The van der Waals surface area contributed by atoms with Gasteiger partial charge < -0.3 is 19.4 Å². The number of carbonyl (C=O) groups excluding carboxylic acids is 2. The van der Waals surface area contributed by atoms with Crippen LogP contribution in [0.15, 0.2) is 42.5 Å². The molecule has 176 valence electrons. The summed E-state index contributed by atoms with van der Waals surface area (Å²) in [5, 5.41) is 8.76. The summed E-state index contributed by atoms with van der Waals surface area (Å²) in [5.74, 6) is 0.749. The van der Waals surface area contributed by atoms with E-state index in [1.165, 1.54) is 6.92 Å². The number of aromatic nitrogens is 2. The highest BCUT2D eigenvalue weighted by Crippen LogP contribution is 2.19. The molecule has 0 radical (unpaired) electrons. The molecule has 2 saturated heterocycles. The highest BCUT2D eigenvalue weighted by Gasteiger charge is 2.25. The average Bonchev–Trinajstić information content (AvgIpc) is 2.87. The van der Waals surface area contributed by atoms with Crippen LogP contribution in [-0.2, 0) is 14.3 Å². The molecule has 33 heavy (non-hydrogen) atoms. The van der Waals surface area contributed by atoms with Crippen molar-refractivity contribution in [2.24, 2.45) is 0 Å². The molecule has 2 amide bonds. The summed E-state index contributed by atoms with van der Waals surface area (Å²) >= 11 is 0. The Labute approximate surface area is 194 Å². The minimum Gasteiger partial charge on any atom is -0.379 e. The molecule has 9 heteroatoms. The van der Waals surface area contributed by atoms with E-state index in [4.69, 9.17) is 4.74 Å². The molecule has 9 nitrogen and oxygen atoms in total. The molecule has 1 aromatic carbocycles. The lowest BCUT2D eigenvalue weighted by Crippen LogP contribution is -2.52. The van der Waals surface area contributed by atoms with Crippen LogP contribution in [0.3, 0.4) is 0 Å². The van der Waals surface area contributed by atoms with Gasteiger partial charge in [-0.3, -0.25) is 14.5 Å². The lowest BCUT2D eigenvalue weighted by atomic mass is 10.1. The van der Waals surface area contributed by atoms with Crippen molar-refractivity contribution in [3.63, 3.8) is 0 Å². The van der Waals surface area contributed by atoms with Crippen LogP contribution in [0.1, 0.15) is 6.92 Å². The summed E-state index contributed by atoms with van der Waals surface area (Å²) in [7, 11) is 0. The number of hydrogen-bond donors (Lipinski definition) is 0. The number of morpholine rings is 1. The molecule has 0 unspecified atom stereocenters. The van der Waals surface area contributed by atoms with Gasteiger partial charge in [0.15, 0.2) is 5.82 Å². The molecular weight excluding hydrogens is 420 g/mol. The first-order valence-corrected chi connectivity index (χ1v) is 11.6. The Bertz CT molecular complexity index is 910. The van der Waals surface area contributed by atoms with Crippen LogP contribution in [0.2, 0.25) is 0 Å². The number of ether oxygens (including phenoxy) is 1. The fourth-order valence-electron chi connectivity index (χ4n) is 4.14. The summed E-state index contributed by atoms with van der Waals surface area (Å²) in [6, 6.07) is 13.9. The molecule has 2 aliphatic heterocycles. The van der Waals surface area contributed by atoms with Crippen LogP contribution in [0.4, 0.5) is 5.82 Å². The van der Waals surface area contributed by atoms with Gasteiger partial charge in [-0.2, -0.15) is 0 Å². The zero-order valence-corrected chi connectivity index (χ0v) is 19.2. The van der Waals surface area contributed by atoms with Crippen molar-refractivity contribution < 1.29 is 14.3 Å². The fourth-order valence-corrected chi connectivity index (χ4v) is 4.14. The van der Waals surface area contributed by atoms with Crippen molar-refractivity contribution >= 4 is 17.6 Å². The van der Waals surface area contributed by atoms with Gasteiger partial charge in [0.25, 0.3) is 0 Å². The number of piperazine rings is 1. The zero-order valence-electron chi connectivity index (χ0n) is 19.2. The van der Waals surface area contributed by atoms with E-state index in [0.29, 0.717) is 32.7 Å². The van der Waals surface area contributed by atoms with Crippen LogP contribution in [-0.4, -0.2) is 109 Å². The summed E-state index contributed by atoms with van der Waals surface area (Å²) < 4.78 is 5.37. The highest BCUT2D eigenvalue weighted by atomic mass is 16.5. The number of carbonyl (C=O) groups is 2. The van der Waals surface area contributed by atoms with Gasteiger partial charge in [0.05, 0.1) is 25.5 Å². The maximum absolute atomic E-state index is 12.9. The smallest absolute Gasteiger partial charge is 0.242 e. The second-order valence-corrected chi connectivity index (χ2v) is 8.41. The van der Waals surface area contributed by atoms with Gasteiger partial charge in [0.2, 0.25) is 11.8 Å². The van der Waals surface area contributed by atoms with Crippen molar-refractivity contribution in [2.45, 2.75) is 6.92 Å². The number of rotatable bonds is 7. The van der Waals surface area contributed by atoms with E-state index < -0.39 is 0 Å². The summed E-state index contributed by atoms with van der Waals surface area (Å²) in [6.07, 6.45) is 0. The third kappa shape index (κ3) is 6.27. The Morgan fingerprint density at radius 1 is 0.939 bits per heavy atom. The van der Waals surface area contributed by atoms with Gasteiger partial charge in [-0.15, -0.1) is 10.2 Å². The molecule has 2 aromatic rings. The number of nitrogens with zero attached hydrogens (tertiary/aromatic N) is 6. The van der Waals surface area contributed by atoms with E-state index in [1.807, 2.05) is 47.4 Å². The average molecular weight is 453 g/mol. The van der Waals surface area contributed by atoms with Gasteiger partial charge in [0, 0.05) is 64.8 Å². The predicted molar refractivity (Wildman–Crippen MR) is 126 cm³/mol.